The van der Waals surface area contributed by atoms with Crippen LogP contribution in [0.3, 0.4) is 0 Å². The Labute approximate surface area is 706 Å². The molecule has 0 N–H and O–H groups in total. The first-order valence-corrected chi connectivity index (χ1v) is 43.7. The molecule has 0 aliphatic heterocycles. The molecular formula is C116H76N2S2. The standard InChI is InChI=1S/C116H76N2S2/c1-113(2)94-43-15-5-34-80(94)89-38-25-41-92(110(89)113)85-36-13-23-51-105(85)118(72-57-62-82-79-33-11-21-49-100(79)116(103(82)67-72)97-46-18-8-30-76(97)77-31-9-19-47-98(77)116)106-52-27-42-93-88-60-55-70(65-108(88)120-112(93)106)69-54-59-83-90-39-26-40-91(111(90)114(3,4)101(83)64-69)84-35-12-22-50-104(84)117(73-58-63-87-86-37-14-24-53-107(86)119-109(87)68-73)71-56-61-81-78-32-10-20-48-99(78)115(102(81)66-71)95-44-16-6-28-74(95)75-29-7-17-45-96(75)115/h5-68H,1-4H3. The first kappa shape index (κ1) is 68.1. The number of anilines is 6. The highest BCUT2D eigenvalue weighted by atomic mass is 32.1. The smallest absolute Gasteiger partial charge is 0.0726 e. The number of para-hydroxylation sites is 2. The van der Waals surface area contributed by atoms with Crippen LogP contribution in [0, 0.1) is 0 Å². The molecule has 562 valence electrons. The predicted molar refractivity (Wildman–Crippen MR) is 506 cm³/mol. The second-order valence-electron chi connectivity index (χ2n) is 34.7. The van der Waals surface area contributed by atoms with Crippen molar-refractivity contribution < 1.29 is 0 Å². The molecule has 2 nitrogen and oxygen atoms in total. The summed E-state index contributed by atoms with van der Waals surface area (Å²) in [5, 5.41) is 5.08. The number of rotatable bonds is 9. The number of fused-ring (bicyclic) bond motifs is 32. The van der Waals surface area contributed by atoms with Crippen molar-refractivity contribution >= 4 is 97.1 Å². The Morgan fingerprint density at radius 3 is 1.04 bits per heavy atom. The van der Waals surface area contributed by atoms with Gasteiger partial charge in [0.25, 0.3) is 0 Å². The molecule has 2 aromatic heterocycles. The molecule has 6 aliphatic rings. The third kappa shape index (κ3) is 8.96. The van der Waals surface area contributed by atoms with Gasteiger partial charge in [-0.25, -0.2) is 0 Å². The van der Waals surface area contributed by atoms with Crippen LogP contribution in [0.25, 0.3) is 140 Å². The highest BCUT2D eigenvalue weighted by Gasteiger charge is 2.54. The maximum Gasteiger partial charge on any atom is 0.0726 e. The van der Waals surface area contributed by atoms with Crippen LogP contribution in [0.15, 0.2) is 388 Å². The molecule has 6 aliphatic carbocycles. The largest absolute Gasteiger partial charge is 0.310 e. The van der Waals surface area contributed by atoms with E-state index < -0.39 is 10.8 Å². The zero-order valence-corrected chi connectivity index (χ0v) is 68.3. The van der Waals surface area contributed by atoms with Crippen LogP contribution in [0.5, 0.6) is 0 Å². The predicted octanol–water partition coefficient (Wildman–Crippen LogP) is 31.7. The van der Waals surface area contributed by atoms with Gasteiger partial charge >= 0.3 is 0 Å². The normalized spacial score (nSPS) is 14.6. The van der Waals surface area contributed by atoms with E-state index in [1.807, 2.05) is 22.7 Å². The quantitative estimate of drug-likeness (QED) is 0.142. The average Bonchev–Trinajstić information content (AvgIpc) is 1.51. The first-order valence-electron chi connectivity index (χ1n) is 42.1. The summed E-state index contributed by atoms with van der Waals surface area (Å²) in [6, 6.07) is 149. The van der Waals surface area contributed by atoms with E-state index in [4.69, 9.17) is 0 Å². The fourth-order valence-corrected chi connectivity index (χ4v) is 25.8. The molecule has 18 aromatic carbocycles. The Morgan fingerprint density at radius 2 is 0.508 bits per heavy atom. The lowest BCUT2D eigenvalue weighted by Crippen LogP contribution is -2.26. The Balaban J connectivity index is 0.614. The van der Waals surface area contributed by atoms with Gasteiger partial charge in [-0.15, -0.1) is 22.7 Å². The van der Waals surface area contributed by atoms with Crippen LogP contribution in [0.1, 0.15) is 94.5 Å². The summed E-state index contributed by atoms with van der Waals surface area (Å²) in [6.45, 7) is 9.77. The van der Waals surface area contributed by atoms with Gasteiger partial charge in [-0.1, -0.05) is 343 Å². The fourth-order valence-electron chi connectivity index (χ4n) is 23.4. The van der Waals surface area contributed by atoms with E-state index in [0.717, 1.165) is 34.1 Å². The number of hydrogen-bond donors (Lipinski definition) is 0. The van der Waals surface area contributed by atoms with E-state index >= 15 is 0 Å². The summed E-state index contributed by atoms with van der Waals surface area (Å²) < 4.78 is 5.06. The molecule has 20 aromatic rings. The van der Waals surface area contributed by atoms with Gasteiger partial charge in [0.15, 0.2) is 0 Å². The van der Waals surface area contributed by atoms with Gasteiger partial charge in [-0.05, 0) is 229 Å². The van der Waals surface area contributed by atoms with Crippen LogP contribution in [0.4, 0.5) is 34.1 Å². The van der Waals surface area contributed by atoms with Crippen LogP contribution >= 0.6 is 22.7 Å². The van der Waals surface area contributed by atoms with Gasteiger partial charge in [-0.3, -0.25) is 0 Å². The number of benzene rings is 18. The zero-order chi connectivity index (χ0) is 79.2. The van der Waals surface area contributed by atoms with Gasteiger partial charge in [-0.2, -0.15) is 0 Å². The lowest BCUT2D eigenvalue weighted by Gasteiger charge is -2.33. The van der Waals surface area contributed by atoms with Crippen LogP contribution < -0.4 is 9.80 Å². The third-order valence-corrected chi connectivity index (χ3v) is 30.6. The van der Waals surface area contributed by atoms with E-state index in [0.29, 0.717) is 0 Å². The Kier molecular flexibility index (Phi) is 14.1. The van der Waals surface area contributed by atoms with Crippen molar-refractivity contribution in [2.75, 3.05) is 9.80 Å². The maximum absolute atomic E-state index is 2.62. The van der Waals surface area contributed by atoms with Crippen molar-refractivity contribution in [3.8, 4) is 100 Å². The van der Waals surface area contributed by atoms with Crippen LogP contribution in [0.2, 0.25) is 0 Å². The van der Waals surface area contributed by atoms with Crippen molar-refractivity contribution in [3.63, 3.8) is 0 Å². The van der Waals surface area contributed by atoms with Gasteiger partial charge in [0, 0.05) is 74.7 Å². The zero-order valence-electron chi connectivity index (χ0n) is 66.7. The molecule has 0 amide bonds. The molecule has 120 heavy (non-hydrogen) atoms. The Bertz CT molecular complexity index is 7780. The van der Waals surface area contributed by atoms with E-state index in [-0.39, 0.29) is 10.8 Å². The number of hydrogen-bond acceptors (Lipinski definition) is 4. The van der Waals surface area contributed by atoms with Crippen LogP contribution in [-0.2, 0) is 21.7 Å². The lowest BCUT2D eigenvalue weighted by atomic mass is 9.70. The van der Waals surface area contributed by atoms with Crippen molar-refractivity contribution in [2.24, 2.45) is 0 Å². The molecule has 0 saturated carbocycles. The van der Waals surface area contributed by atoms with Crippen molar-refractivity contribution in [2.45, 2.75) is 49.4 Å². The first-order chi connectivity index (χ1) is 59.0. The minimum Gasteiger partial charge on any atom is -0.310 e. The second kappa shape index (κ2) is 24.8. The lowest BCUT2D eigenvalue weighted by molar-refractivity contribution is 0.662. The van der Waals surface area contributed by atoms with E-state index in [1.165, 1.54) is 207 Å². The summed E-state index contributed by atoms with van der Waals surface area (Å²) in [5.41, 5.74) is 44.0. The molecule has 2 heterocycles. The summed E-state index contributed by atoms with van der Waals surface area (Å²) in [6.07, 6.45) is 0. The fraction of sp³-hybridized carbons (Fsp3) is 0.0690. The maximum atomic E-state index is 2.62. The summed E-state index contributed by atoms with van der Waals surface area (Å²) in [5.74, 6) is 0. The van der Waals surface area contributed by atoms with Gasteiger partial charge in [0.2, 0.25) is 0 Å². The number of nitrogens with zero attached hydrogens (tertiary/aromatic N) is 2. The minimum absolute atomic E-state index is 0.241. The van der Waals surface area contributed by atoms with E-state index in [1.54, 1.807) is 0 Å². The van der Waals surface area contributed by atoms with Crippen LogP contribution in [-0.4, -0.2) is 0 Å². The molecule has 4 heteroatoms. The monoisotopic (exact) mass is 1560 g/mol. The van der Waals surface area contributed by atoms with Gasteiger partial charge in [0.05, 0.1) is 32.6 Å². The molecule has 0 atom stereocenters. The molecule has 26 rings (SSSR count). The highest BCUT2D eigenvalue weighted by molar-refractivity contribution is 7.26. The molecule has 0 bridgehead atoms. The van der Waals surface area contributed by atoms with E-state index in [2.05, 4.69) is 426 Å². The SMILES string of the molecule is CC1(C)c2cc(-c3ccc4c(c3)sc3c(N(c5ccc6c(c5)C5(c7ccccc7-c7ccccc75)c5ccccc5-6)c5ccccc5-c5cccc6c5C(C)(C)c5ccccc5-6)cccc34)ccc2-c2cccc(-c3ccccc3N(c3ccc4c(c3)C3(c5ccccc5-c5ccccc53)c3ccccc3-4)c3ccc4c(c3)sc3ccccc34)c21. The third-order valence-electron chi connectivity index (χ3n) is 28.3. The average molecular weight is 1560 g/mol. The van der Waals surface area contributed by atoms with Gasteiger partial charge in [0.1, 0.15) is 0 Å². The highest BCUT2D eigenvalue weighted by Crippen LogP contribution is 2.67. The Hall–Kier alpha value is -14.0. The second-order valence-corrected chi connectivity index (χ2v) is 36.8. The van der Waals surface area contributed by atoms with Crippen molar-refractivity contribution in [3.05, 3.63) is 455 Å². The van der Waals surface area contributed by atoms with Crippen molar-refractivity contribution in [1.82, 2.24) is 0 Å². The molecule has 0 fully saturated rings. The molecular weight excluding hydrogens is 1490 g/mol. The topological polar surface area (TPSA) is 6.48 Å². The summed E-state index contributed by atoms with van der Waals surface area (Å²) >= 11 is 3.80. The van der Waals surface area contributed by atoms with Crippen molar-refractivity contribution in [1.29, 1.82) is 0 Å². The Morgan fingerprint density at radius 1 is 0.192 bits per heavy atom. The van der Waals surface area contributed by atoms with E-state index in [9.17, 15) is 0 Å². The van der Waals surface area contributed by atoms with Gasteiger partial charge < -0.3 is 9.80 Å². The summed E-state index contributed by atoms with van der Waals surface area (Å²) in [7, 11) is 0. The molecule has 2 spiro atoms. The molecule has 0 saturated heterocycles. The minimum atomic E-state index is -0.528. The molecule has 0 radical (unpaired) electrons. The molecule has 0 unspecified atom stereocenters. The number of thiophene rings is 2. The summed E-state index contributed by atoms with van der Waals surface area (Å²) in [4.78, 5) is 5.20.